The highest BCUT2D eigenvalue weighted by Crippen LogP contribution is 2.05. The number of unbranched alkanes of at least 4 members (excludes halogenated alkanes) is 4. The lowest BCUT2D eigenvalue weighted by Gasteiger charge is -2.09. The summed E-state index contributed by atoms with van der Waals surface area (Å²) >= 11 is 0. The molecule has 0 spiro atoms. The Hall–Kier alpha value is -2.45. The zero-order valence-electron chi connectivity index (χ0n) is 26.3. The van der Waals surface area contributed by atoms with Gasteiger partial charge in [-0.25, -0.2) is 4.79 Å². The molecule has 0 saturated carbocycles. The summed E-state index contributed by atoms with van der Waals surface area (Å²) in [6, 6.07) is 8.25. The highest BCUT2D eigenvalue weighted by atomic mass is 16.6. The predicted molar refractivity (Wildman–Crippen MR) is 162 cm³/mol. The van der Waals surface area contributed by atoms with Crippen molar-refractivity contribution in [3.05, 3.63) is 35.9 Å². The van der Waals surface area contributed by atoms with Crippen LogP contribution in [0.15, 0.2) is 30.3 Å². The summed E-state index contributed by atoms with van der Waals surface area (Å²) in [6.45, 7) is 8.23. The van der Waals surface area contributed by atoms with E-state index in [0.717, 1.165) is 12.8 Å². The van der Waals surface area contributed by atoms with Crippen LogP contribution in [-0.4, -0.2) is 123 Å². The smallest absolute Gasteiger partial charge is 0.379 e. The van der Waals surface area contributed by atoms with E-state index >= 15 is 0 Å². The van der Waals surface area contributed by atoms with Gasteiger partial charge in [-0.3, -0.25) is 9.59 Å². The number of hydrogen-bond donors (Lipinski definition) is 0. The zero-order chi connectivity index (χ0) is 31.8. The van der Waals surface area contributed by atoms with Gasteiger partial charge in [-0.1, -0.05) is 62.9 Å². The third kappa shape index (κ3) is 24.9. The second kappa shape index (κ2) is 30.6. The molecule has 252 valence electrons. The van der Waals surface area contributed by atoms with Gasteiger partial charge < -0.3 is 42.6 Å². The normalized spacial score (nSPS) is 11.0. The monoisotopic (exact) mass is 628 g/mol. The highest BCUT2D eigenvalue weighted by Gasteiger charge is 2.17. The standard InChI is InChI=1S/C32H52O12/c1-2-3-4-5-9-12-30(33)43-27-25-41-23-21-39-19-17-37-15-13-36-14-16-38-18-20-40-22-24-42-26-28-44-32(35)31(34)29-10-7-6-8-11-29/h6-8,10-11H,2-5,9,12-28H2,1H3. The number of ether oxygens (including phenoxy) is 9. The topological polar surface area (TPSA) is 134 Å². The molecule has 0 amide bonds. The Bertz CT molecular complexity index is 821. The first kappa shape index (κ1) is 39.6. The maximum absolute atomic E-state index is 11.9. The van der Waals surface area contributed by atoms with Crippen LogP contribution >= 0.6 is 0 Å². The molecular weight excluding hydrogens is 576 g/mol. The molecule has 0 radical (unpaired) electrons. The van der Waals surface area contributed by atoms with Crippen molar-refractivity contribution in [2.24, 2.45) is 0 Å². The van der Waals surface area contributed by atoms with Gasteiger partial charge in [0.1, 0.15) is 13.2 Å². The van der Waals surface area contributed by atoms with Gasteiger partial charge >= 0.3 is 11.9 Å². The predicted octanol–water partition coefficient (Wildman–Crippen LogP) is 3.43. The van der Waals surface area contributed by atoms with Gasteiger partial charge in [-0.15, -0.1) is 0 Å². The molecule has 0 N–H and O–H groups in total. The van der Waals surface area contributed by atoms with Crippen LogP contribution < -0.4 is 0 Å². The molecule has 0 aliphatic carbocycles. The quantitative estimate of drug-likeness (QED) is 0.0501. The van der Waals surface area contributed by atoms with E-state index in [1.807, 2.05) is 0 Å². The third-order valence-electron chi connectivity index (χ3n) is 5.89. The van der Waals surface area contributed by atoms with E-state index < -0.39 is 11.8 Å². The highest BCUT2D eigenvalue weighted by molar-refractivity contribution is 6.40. The van der Waals surface area contributed by atoms with E-state index in [4.69, 9.17) is 42.6 Å². The first-order valence-electron chi connectivity index (χ1n) is 15.6. The fraction of sp³-hybridized carbons (Fsp3) is 0.719. The molecule has 0 heterocycles. The average molecular weight is 629 g/mol. The van der Waals surface area contributed by atoms with Crippen molar-refractivity contribution >= 4 is 17.7 Å². The van der Waals surface area contributed by atoms with E-state index in [1.54, 1.807) is 30.3 Å². The van der Waals surface area contributed by atoms with E-state index in [9.17, 15) is 14.4 Å². The van der Waals surface area contributed by atoms with Gasteiger partial charge in [0.2, 0.25) is 0 Å². The van der Waals surface area contributed by atoms with Crippen LogP contribution in [0.25, 0.3) is 0 Å². The van der Waals surface area contributed by atoms with Gasteiger partial charge in [0, 0.05) is 12.0 Å². The number of ketones is 1. The number of Topliss-reactive ketones (excluding diaryl/α,β-unsaturated/α-hetero) is 1. The molecule has 0 aromatic heterocycles. The summed E-state index contributed by atoms with van der Waals surface area (Å²) in [5.41, 5.74) is 0.295. The molecule has 0 fully saturated rings. The number of benzene rings is 1. The Morgan fingerprint density at radius 2 is 0.864 bits per heavy atom. The number of esters is 2. The van der Waals surface area contributed by atoms with Crippen LogP contribution in [0.3, 0.4) is 0 Å². The number of hydrogen-bond acceptors (Lipinski definition) is 12. The number of rotatable bonds is 32. The first-order valence-corrected chi connectivity index (χ1v) is 15.6. The van der Waals surface area contributed by atoms with Gasteiger partial charge in [0.25, 0.3) is 5.78 Å². The summed E-state index contributed by atoms with van der Waals surface area (Å²) in [5.74, 6) is -1.73. The molecule has 0 saturated heterocycles. The fourth-order valence-corrected chi connectivity index (χ4v) is 3.55. The maximum atomic E-state index is 11.9. The van der Waals surface area contributed by atoms with Crippen molar-refractivity contribution in [3.63, 3.8) is 0 Å². The Morgan fingerprint density at radius 3 is 1.30 bits per heavy atom. The Morgan fingerprint density at radius 1 is 0.477 bits per heavy atom. The Kier molecular flexibility index (Phi) is 27.5. The van der Waals surface area contributed by atoms with Crippen molar-refractivity contribution in [1.29, 1.82) is 0 Å². The molecule has 0 aliphatic heterocycles. The van der Waals surface area contributed by atoms with Crippen LogP contribution in [0, 0.1) is 0 Å². The van der Waals surface area contributed by atoms with Gasteiger partial charge in [-0.2, -0.15) is 0 Å². The third-order valence-corrected chi connectivity index (χ3v) is 5.89. The van der Waals surface area contributed by atoms with Crippen LogP contribution in [0.2, 0.25) is 0 Å². The molecule has 1 aromatic carbocycles. The van der Waals surface area contributed by atoms with E-state index in [-0.39, 0.29) is 25.8 Å². The molecule has 0 unspecified atom stereocenters. The average Bonchev–Trinajstić information content (AvgIpc) is 3.04. The molecular formula is C32H52O12. The lowest BCUT2D eigenvalue weighted by molar-refractivity contribution is -0.145. The van der Waals surface area contributed by atoms with Gasteiger partial charge in [0.05, 0.1) is 92.5 Å². The van der Waals surface area contributed by atoms with Crippen molar-refractivity contribution in [1.82, 2.24) is 0 Å². The summed E-state index contributed by atoms with van der Waals surface area (Å²) in [5, 5.41) is 0. The SMILES string of the molecule is CCCCCCCC(=O)OCCOCCOCCOCCOCCOCCOCCOCCOC(=O)C(=O)c1ccccc1. The summed E-state index contributed by atoms with van der Waals surface area (Å²) < 4.78 is 47.9. The minimum atomic E-state index is -0.898. The van der Waals surface area contributed by atoms with Crippen molar-refractivity contribution in [3.8, 4) is 0 Å². The van der Waals surface area contributed by atoms with E-state index in [0.29, 0.717) is 97.9 Å². The Balaban J connectivity index is 1.70. The van der Waals surface area contributed by atoms with Crippen LogP contribution in [-0.2, 0) is 52.2 Å². The maximum Gasteiger partial charge on any atom is 0.379 e. The molecule has 0 aliphatic rings. The molecule has 1 aromatic rings. The molecule has 12 heteroatoms. The zero-order valence-corrected chi connectivity index (χ0v) is 26.3. The van der Waals surface area contributed by atoms with Crippen molar-refractivity contribution in [2.45, 2.75) is 45.4 Å². The molecule has 0 atom stereocenters. The van der Waals surface area contributed by atoms with E-state index in [2.05, 4.69) is 6.92 Å². The van der Waals surface area contributed by atoms with Gasteiger partial charge in [-0.05, 0) is 6.42 Å². The second-order valence-corrected chi connectivity index (χ2v) is 9.50. The minimum Gasteiger partial charge on any atom is -0.463 e. The Labute approximate surface area is 261 Å². The minimum absolute atomic E-state index is 0.00367. The molecule has 44 heavy (non-hydrogen) atoms. The fourth-order valence-electron chi connectivity index (χ4n) is 3.55. The molecule has 12 nitrogen and oxygen atoms in total. The van der Waals surface area contributed by atoms with Crippen molar-refractivity contribution in [2.75, 3.05) is 106 Å². The lowest BCUT2D eigenvalue weighted by atomic mass is 10.1. The van der Waals surface area contributed by atoms with Crippen LogP contribution in [0.5, 0.6) is 0 Å². The summed E-state index contributed by atoms with van der Waals surface area (Å²) in [4.78, 5) is 35.2. The molecule has 1 rings (SSSR count). The summed E-state index contributed by atoms with van der Waals surface area (Å²) in [7, 11) is 0. The molecule has 0 bridgehead atoms. The van der Waals surface area contributed by atoms with E-state index in [1.165, 1.54) is 19.3 Å². The number of carbonyl (C=O) groups is 3. The van der Waals surface area contributed by atoms with Crippen molar-refractivity contribution < 1.29 is 57.0 Å². The first-order chi connectivity index (χ1) is 21.6. The lowest BCUT2D eigenvalue weighted by Crippen LogP contribution is -2.20. The van der Waals surface area contributed by atoms with Crippen LogP contribution in [0.1, 0.15) is 55.8 Å². The summed E-state index contributed by atoms with van der Waals surface area (Å²) in [6.07, 6.45) is 6.03. The largest absolute Gasteiger partial charge is 0.463 e. The second-order valence-electron chi connectivity index (χ2n) is 9.50. The van der Waals surface area contributed by atoms with Gasteiger partial charge in [0.15, 0.2) is 0 Å². The van der Waals surface area contributed by atoms with Crippen LogP contribution in [0.4, 0.5) is 0 Å². The number of carbonyl (C=O) groups excluding carboxylic acids is 3.